The molecular formula is C13H15N3O3S2. The van der Waals surface area contributed by atoms with Crippen LogP contribution in [0.15, 0.2) is 23.6 Å². The van der Waals surface area contributed by atoms with Crippen molar-refractivity contribution in [3.8, 4) is 0 Å². The lowest BCUT2D eigenvalue weighted by molar-refractivity contribution is 0.102. The number of anilines is 1. The van der Waals surface area contributed by atoms with Gasteiger partial charge >= 0.3 is 0 Å². The van der Waals surface area contributed by atoms with E-state index in [1.165, 1.54) is 11.3 Å². The van der Waals surface area contributed by atoms with Crippen molar-refractivity contribution in [2.24, 2.45) is 0 Å². The molecule has 1 saturated heterocycles. The molecule has 1 amide bonds. The molecule has 0 bridgehead atoms. The molecule has 8 heteroatoms. The Bertz CT molecular complexity index is 763. The number of nitrogens with one attached hydrogen (secondary N) is 1. The molecule has 0 spiro atoms. The zero-order valence-corrected chi connectivity index (χ0v) is 13.1. The first-order chi connectivity index (χ1) is 9.94. The first-order valence-electron chi connectivity index (χ1n) is 6.56. The molecule has 1 N–H and O–H groups in total. The number of carbonyl (C=O) groups is 1. The molecule has 2 aromatic rings. The minimum absolute atomic E-state index is 0.0794. The van der Waals surface area contributed by atoms with Gasteiger partial charge in [-0.3, -0.25) is 4.79 Å². The normalized spacial score (nSPS) is 20.5. The van der Waals surface area contributed by atoms with Crippen LogP contribution in [0.5, 0.6) is 0 Å². The van der Waals surface area contributed by atoms with Crippen LogP contribution in [0, 0.1) is 6.92 Å². The Balaban J connectivity index is 1.85. The monoisotopic (exact) mass is 325 g/mol. The average molecular weight is 325 g/mol. The van der Waals surface area contributed by atoms with Gasteiger partial charge in [-0.25, -0.2) is 13.1 Å². The molecule has 1 fully saturated rings. The summed E-state index contributed by atoms with van der Waals surface area (Å²) in [6.07, 6.45) is 0.533. The van der Waals surface area contributed by atoms with Crippen LogP contribution >= 0.6 is 11.3 Å². The molecule has 112 valence electrons. The third-order valence-corrected chi connectivity index (χ3v) is 6.02. The van der Waals surface area contributed by atoms with Crippen molar-refractivity contribution in [2.45, 2.75) is 19.4 Å². The van der Waals surface area contributed by atoms with Crippen LogP contribution in [0.4, 0.5) is 5.82 Å². The van der Waals surface area contributed by atoms with Crippen LogP contribution in [0.2, 0.25) is 0 Å². The number of hydrogen-bond donors (Lipinski definition) is 1. The summed E-state index contributed by atoms with van der Waals surface area (Å²) in [5, 5.41) is 8.98. The van der Waals surface area contributed by atoms with Gasteiger partial charge in [0.1, 0.15) is 5.82 Å². The largest absolute Gasteiger partial charge is 0.306 e. The van der Waals surface area contributed by atoms with E-state index in [0.717, 1.165) is 5.69 Å². The molecule has 2 aromatic heterocycles. The van der Waals surface area contributed by atoms with Gasteiger partial charge in [0.15, 0.2) is 9.84 Å². The van der Waals surface area contributed by atoms with Crippen molar-refractivity contribution in [3.05, 3.63) is 34.2 Å². The Morgan fingerprint density at radius 3 is 2.95 bits per heavy atom. The summed E-state index contributed by atoms with van der Waals surface area (Å²) in [5.74, 6) is 0.602. The summed E-state index contributed by atoms with van der Waals surface area (Å²) in [6, 6.07) is 5.11. The molecule has 1 aliphatic heterocycles. The van der Waals surface area contributed by atoms with Gasteiger partial charge in [-0.2, -0.15) is 5.10 Å². The number of carbonyl (C=O) groups excluding carboxylic acids is 1. The fraction of sp³-hybridized carbons (Fsp3) is 0.385. The second-order valence-electron chi connectivity index (χ2n) is 5.10. The van der Waals surface area contributed by atoms with E-state index >= 15 is 0 Å². The molecule has 6 nitrogen and oxygen atoms in total. The third-order valence-electron chi connectivity index (χ3n) is 3.40. The third kappa shape index (κ3) is 3.01. The van der Waals surface area contributed by atoms with Crippen LogP contribution in [-0.2, 0) is 9.84 Å². The van der Waals surface area contributed by atoms with Crippen LogP contribution in [0.3, 0.4) is 0 Å². The van der Waals surface area contributed by atoms with Gasteiger partial charge < -0.3 is 5.32 Å². The molecule has 21 heavy (non-hydrogen) atoms. The number of hydrogen-bond acceptors (Lipinski definition) is 5. The van der Waals surface area contributed by atoms with Crippen molar-refractivity contribution in [1.29, 1.82) is 0 Å². The minimum Gasteiger partial charge on any atom is -0.306 e. The Labute approximate surface area is 126 Å². The van der Waals surface area contributed by atoms with Crippen LogP contribution in [0.25, 0.3) is 0 Å². The molecule has 0 saturated carbocycles. The molecule has 0 radical (unpaired) electrons. The Morgan fingerprint density at radius 2 is 2.33 bits per heavy atom. The lowest BCUT2D eigenvalue weighted by Gasteiger charge is -2.13. The topological polar surface area (TPSA) is 81.1 Å². The standard InChI is InChI=1S/C13H15N3O3S2/c1-9-7-12(14-13(17)11-3-2-5-20-11)16(15-9)10-4-6-21(18,19)8-10/h2-3,5,7,10H,4,6,8H2,1H3,(H,14,17). The van der Waals surface area contributed by atoms with Gasteiger partial charge in [0, 0.05) is 6.07 Å². The zero-order valence-electron chi connectivity index (χ0n) is 11.4. The summed E-state index contributed by atoms with van der Waals surface area (Å²) in [7, 11) is -2.99. The SMILES string of the molecule is Cc1cc(NC(=O)c2cccs2)n(C2CCS(=O)(=O)C2)n1. The van der Waals surface area contributed by atoms with Crippen LogP contribution in [-0.4, -0.2) is 35.6 Å². The van der Waals surface area contributed by atoms with E-state index in [4.69, 9.17) is 0 Å². The molecule has 1 aliphatic rings. The highest BCUT2D eigenvalue weighted by molar-refractivity contribution is 7.91. The van der Waals surface area contributed by atoms with Crippen molar-refractivity contribution in [3.63, 3.8) is 0 Å². The summed E-state index contributed by atoms with van der Waals surface area (Å²) in [5.41, 5.74) is 0.751. The number of sulfone groups is 1. The predicted molar refractivity (Wildman–Crippen MR) is 81.5 cm³/mol. The first kappa shape index (κ1) is 14.3. The lowest BCUT2D eigenvalue weighted by atomic mass is 10.3. The number of nitrogens with zero attached hydrogens (tertiary/aromatic N) is 2. The van der Waals surface area contributed by atoms with Gasteiger partial charge in [0.2, 0.25) is 0 Å². The Kier molecular flexibility index (Phi) is 3.58. The highest BCUT2D eigenvalue weighted by Gasteiger charge is 2.31. The van der Waals surface area contributed by atoms with Crippen molar-refractivity contribution >= 4 is 32.9 Å². The minimum atomic E-state index is -2.99. The van der Waals surface area contributed by atoms with Crippen LogP contribution < -0.4 is 5.32 Å². The van der Waals surface area contributed by atoms with Crippen molar-refractivity contribution in [1.82, 2.24) is 9.78 Å². The second-order valence-corrected chi connectivity index (χ2v) is 8.28. The van der Waals surface area contributed by atoms with Crippen LogP contribution in [0.1, 0.15) is 27.8 Å². The van der Waals surface area contributed by atoms with E-state index in [0.29, 0.717) is 17.1 Å². The molecule has 3 rings (SSSR count). The van der Waals surface area contributed by atoms with Gasteiger partial charge in [-0.15, -0.1) is 11.3 Å². The molecule has 0 aromatic carbocycles. The van der Waals surface area contributed by atoms with E-state index < -0.39 is 9.84 Å². The van der Waals surface area contributed by atoms with E-state index in [1.807, 2.05) is 18.4 Å². The van der Waals surface area contributed by atoms with Gasteiger partial charge in [-0.05, 0) is 24.8 Å². The maximum absolute atomic E-state index is 12.1. The number of aryl methyl sites for hydroxylation is 1. The maximum atomic E-state index is 12.1. The molecule has 3 heterocycles. The number of aromatic nitrogens is 2. The first-order valence-corrected chi connectivity index (χ1v) is 9.26. The number of amides is 1. The van der Waals surface area contributed by atoms with E-state index in [1.54, 1.807) is 16.8 Å². The van der Waals surface area contributed by atoms with E-state index in [-0.39, 0.29) is 23.5 Å². The zero-order chi connectivity index (χ0) is 15.0. The number of rotatable bonds is 3. The van der Waals surface area contributed by atoms with Gasteiger partial charge in [-0.1, -0.05) is 6.07 Å². The molecule has 1 unspecified atom stereocenters. The van der Waals surface area contributed by atoms with E-state index in [2.05, 4.69) is 10.4 Å². The molecule has 0 aliphatic carbocycles. The smallest absolute Gasteiger partial charge is 0.266 e. The molecular weight excluding hydrogens is 310 g/mol. The Morgan fingerprint density at radius 1 is 1.52 bits per heavy atom. The second kappa shape index (κ2) is 5.27. The lowest BCUT2D eigenvalue weighted by Crippen LogP contribution is -2.19. The van der Waals surface area contributed by atoms with Gasteiger partial charge in [0.05, 0.1) is 28.1 Å². The highest BCUT2D eigenvalue weighted by Crippen LogP contribution is 2.27. The summed E-state index contributed by atoms with van der Waals surface area (Å²) >= 11 is 1.36. The fourth-order valence-electron chi connectivity index (χ4n) is 2.44. The highest BCUT2D eigenvalue weighted by atomic mass is 32.2. The maximum Gasteiger partial charge on any atom is 0.266 e. The summed E-state index contributed by atoms with van der Waals surface area (Å²) in [4.78, 5) is 12.7. The summed E-state index contributed by atoms with van der Waals surface area (Å²) < 4.78 is 24.9. The Hall–Kier alpha value is -1.67. The summed E-state index contributed by atoms with van der Waals surface area (Å²) in [6.45, 7) is 1.82. The molecule has 1 atom stereocenters. The van der Waals surface area contributed by atoms with Gasteiger partial charge in [0.25, 0.3) is 5.91 Å². The van der Waals surface area contributed by atoms with Crippen molar-refractivity contribution < 1.29 is 13.2 Å². The predicted octanol–water partition coefficient (Wildman–Crippen LogP) is 1.86. The number of thiophene rings is 1. The fourth-order valence-corrected chi connectivity index (χ4v) is 4.75. The average Bonchev–Trinajstić information content (AvgIpc) is 3.09. The van der Waals surface area contributed by atoms with E-state index in [9.17, 15) is 13.2 Å². The quantitative estimate of drug-likeness (QED) is 0.934. The van der Waals surface area contributed by atoms with Crippen molar-refractivity contribution in [2.75, 3.05) is 16.8 Å².